The summed E-state index contributed by atoms with van der Waals surface area (Å²) in [5, 5.41) is 11.4. The molecule has 8 heteroatoms. The van der Waals surface area contributed by atoms with Gasteiger partial charge in [-0.05, 0) is 23.8 Å². The fourth-order valence-electron chi connectivity index (χ4n) is 4.27. The molecule has 0 aliphatic carbocycles. The van der Waals surface area contributed by atoms with Crippen LogP contribution in [0.4, 0.5) is 0 Å². The number of fused-ring (bicyclic) bond motifs is 2. The molecule has 2 N–H and O–H groups in total. The Morgan fingerprint density at radius 1 is 1.16 bits per heavy atom. The molecule has 3 heterocycles. The number of hydrogen-bond acceptors (Lipinski definition) is 7. The molecule has 0 saturated heterocycles. The van der Waals surface area contributed by atoms with Gasteiger partial charge >= 0.3 is 0 Å². The molecule has 0 amide bonds. The van der Waals surface area contributed by atoms with Crippen LogP contribution in [0.2, 0.25) is 0 Å². The van der Waals surface area contributed by atoms with Crippen molar-refractivity contribution in [1.29, 1.82) is 0 Å². The number of nitrogens with one attached hydrogen (secondary N) is 1. The number of aliphatic hydroxyl groups excluding tert-OH is 1. The third kappa shape index (κ3) is 3.66. The predicted molar refractivity (Wildman–Crippen MR) is 124 cm³/mol. The summed E-state index contributed by atoms with van der Waals surface area (Å²) in [7, 11) is 3.21. The third-order valence-electron chi connectivity index (χ3n) is 5.74. The normalized spacial score (nSPS) is 16.2. The van der Waals surface area contributed by atoms with Gasteiger partial charge in [0.25, 0.3) is 5.56 Å². The van der Waals surface area contributed by atoms with Crippen molar-refractivity contribution in [2.24, 2.45) is 0 Å². The van der Waals surface area contributed by atoms with E-state index in [0.29, 0.717) is 47.2 Å². The van der Waals surface area contributed by atoms with E-state index in [-0.39, 0.29) is 5.56 Å². The number of rotatable bonds is 5. The summed E-state index contributed by atoms with van der Waals surface area (Å²) in [6.07, 6.45) is -0.731. The SMILES string of the molecule is COc1ccc(OC)c2c1CN(Cc1nc3sc(-c4ccccc4)cc3c(=O)[nH]1)CC2O. The second-order valence-corrected chi connectivity index (χ2v) is 8.79. The van der Waals surface area contributed by atoms with E-state index in [4.69, 9.17) is 14.5 Å². The van der Waals surface area contributed by atoms with Crippen LogP contribution in [0.25, 0.3) is 20.7 Å². The zero-order chi connectivity index (χ0) is 22.2. The first-order chi connectivity index (χ1) is 15.6. The van der Waals surface area contributed by atoms with E-state index in [9.17, 15) is 9.90 Å². The molecule has 0 spiro atoms. The highest BCUT2D eigenvalue weighted by Gasteiger charge is 2.30. The van der Waals surface area contributed by atoms with E-state index in [2.05, 4.69) is 4.98 Å². The summed E-state index contributed by atoms with van der Waals surface area (Å²) in [5.74, 6) is 1.92. The monoisotopic (exact) mass is 449 g/mol. The zero-order valence-electron chi connectivity index (χ0n) is 17.8. The first-order valence-electron chi connectivity index (χ1n) is 10.3. The highest BCUT2D eigenvalue weighted by atomic mass is 32.1. The maximum Gasteiger partial charge on any atom is 0.259 e. The van der Waals surface area contributed by atoms with Crippen molar-refractivity contribution in [3.05, 3.63) is 75.8 Å². The van der Waals surface area contributed by atoms with Crippen molar-refractivity contribution in [3.8, 4) is 21.9 Å². The Hall–Kier alpha value is -3.20. The van der Waals surface area contributed by atoms with Crippen LogP contribution in [0.5, 0.6) is 11.5 Å². The Kier molecular flexibility index (Phi) is 5.42. The highest BCUT2D eigenvalue weighted by Crippen LogP contribution is 2.39. The molecule has 1 aliphatic heterocycles. The molecule has 4 aromatic rings. The summed E-state index contributed by atoms with van der Waals surface area (Å²) in [5.41, 5.74) is 2.55. The fraction of sp³-hybridized carbons (Fsp3) is 0.250. The maximum absolute atomic E-state index is 12.7. The lowest BCUT2D eigenvalue weighted by molar-refractivity contribution is 0.0829. The van der Waals surface area contributed by atoms with Crippen LogP contribution in [-0.2, 0) is 13.1 Å². The van der Waals surface area contributed by atoms with Crippen molar-refractivity contribution < 1.29 is 14.6 Å². The molecule has 1 unspecified atom stereocenters. The topological polar surface area (TPSA) is 87.7 Å². The van der Waals surface area contributed by atoms with Gasteiger partial charge in [0.1, 0.15) is 22.2 Å². The first-order valence-corrected chi connectivity index (χ1v) is 11.1. The summed E-state index contributed by atoms with van der Waals surface area (Å²) >= 11 is 1.51. The van der Waals surface area contributed by atoms with E-state index in [0.717, 1.165) is 21.6 Å². The highest BCUT2D eigenvalue weighted by molar-refractivity contribution is 7.21. The van der Waals surface area contributed by atoms with Gasteiger partial charge in [-0.3, -0.25) is 9.69 Å². The molecule has 5 rings (SSSR count). The van der Waals surface area contributed by atoms with Gasteiger partial charge in [-0.1, -0.05) is 30.3 Å². The summed E-state index contributed by atoms with van der Waals surface area (Å²) in [6, 6.07) is 15.5. The van der Waals surface area contributed by atoms with Gasteiger partial charge in [0, 0.05) is 29.1 Å². The van der Waals surface area contributed by atoms with Crippen LogP contribution in [0.15, 0.2) is 53.3 Å². The number of β-amino-alcohol motifs (C(OH)–C–C–N with tert-alkyl or cyclic N) is 1. The number of aromatic amines is 1. The number of ether oxygens (including phenoxy) is 2. The average Bonchev–Trinajstić information content (AvgIpc) is 3.24. The van der Waals surface area contributed by atoms with E-state index in [1.165, 1.54) is 11.3 Å². The van der Waals surface area contributed by atoms with Crippen LogP contribution in [0.1, 0.15) is 23.1 Å². The van der Waals surface area contributed by atoms with Gasteiger partial charge in [0.15, 0.2) is 0 Å². The average molecular weight is 450 g/mol. The Morgan fingerprint density at radius 2 is 1.91 bits per heavy atom. The Balaban J connectivity index is 1.46. The summed E-state index contributed by atoms with van der Waals surface area (Å²) in [6.45, 7) is 1.35. The third-order valence-corrected chi connectivity index (χ3v) is 6.82. The number of aromatic nitrogens is 2. The quantitative estimate of drug-likeness (QED) is 0.483. The maximum atomic E-state index is 12.7. The minimum absolute atomic E-state index is 0.152. The molecule has 164 valence electrons. The molecule has 0 saturated carbocycles. The van der Waals surface area contributed by atoms with Crippen molar-refractivity contribution in [3.63, 3.8) is 0 Å². The lowest BCUT2D eigenvalue weighted by atomic mass is 9.95. The Labute approximate surface area is 188 Å². The second-order valence-electron chi connectivity index (χ2n) is 7.76. The smallest absolute Gasteiger partial charge is 0.259 e. The summed E-state index contributed by atoms with van der Waals surface area (Å²) < 4.78 is 11.0. The number of methoxy groups -OCH3 is 2. The minimum atomic E-state index is -0.731. The van der Waals surface area contributed by atoms with Crippen molar-refractivity contribution >= 4 is 21.6 Å². The molecular weight excluding hydrogens is 426 g/mol. The largest absolute Gasteiger partial charge is 0.496 e. The van der Waals surface area contributed by atoms with Gasteiger partial charge in [-0.25, -0.2) is 4.98 Å². The predicted octanol–water partition coefficient (Wildman–Crippen LogP) is 3.72. The molecular formula is C24H23N3O4S. The molecule has 7 nitrogen and oxygen atoms in total. The van der Waals surface area contributed by atoms with E-state index >= 15 is 0 Å². The van der Waals surface area contributed by atoms with Gasteiger partial charge in [-0.2, -0.15) is 0 Å². The number of thiophene rings is 1. The molecule has 32 heavy (non-hydrogen) atoms. The van der Waals surface area contributed by atoms with E-state index < -0.39 is 6.10 Å². The van der Waals surface area contributed by atoms with Gasteiger partial charge in [-0.15, -0.1) is 11.3 Å². The van der Waals surface area contributed by atoms with Crippen LogP contribution < -0.4 is 15.0 Å². The lowest BCUT2D eigenvalue weighted by Gasteiger charge is -2.33. The molecule has 2 aromatic heterocycles. The van der Waals surface area contributed by atoms with Crippen molar-refractivity contribution in [2.45, 2.75) is 19.2 Å². The van der Waals surface area contributed by atoms with Crippen LogP contribution in [0.3, 0.4) is 0 Å². The van der Waals surface area contributed by atoms with E-state index in [1.807, 2.05) is 53.4 Å². The number of H-pyrrole nitrogens is 1. The fourth-order valence-corrected chi connectivity index (χ4v) is 5.33. The number of aliphatic hydroxyl groups is 1. The van der Waals surface area contributed by atoms with E-state index in [1.54, 1.807) is 14.2 Å². The molecule has 0 bridgehead atoms. The summed E-state index contributed by atoms with van der Waals surface area (Å²) in [4.78, 5) is 24.1. The molecule has 1 aliphatic rings. The zero-order valence-corrected chi connectivity index (χ0v) is 18.6. The van der Waals surface area contributed by atoms with Gasteiger partial charge < -0.3 is 19.6 Å². The van der Waals surface area contributed by atoms with Gasteiger partial charge in [0.05, 0.1) is 32.3 Å². The number of hydrogen-bond donors (Lipinski definition) is 2. The van der Waals surface area contributed by atoms with Gasteiger partial charge in [0.2, 0.25) is 0 Å². The lowest BCUT2D eigenvalue weighted by Crippen LogP contribution is -2.34. The first kappa shape index (κ1) is 20.7. The Bertz CT molecular complexity index is 1330. The molecule has 0 fully saturated rings. The standard InChI is InChI=1S/C24H23N3O4S/c1-30-18-8-9-19(31-2)22-16(18)11-27(12-17(22)28)13-21-25-23(29)15-10-20(32-24(15)26-21)14-6-4-3-5-7-14/h3-10,17,28H,11-13H2,1-2H3,(H,25,26,29). The molecule has 2 aromatic carbocycles. The number of nitrogens with zero attached hydrogens (tertiary/aromatic N) is 2. The second kappa shape index (κ2) is 8.38. The number of benzene rings is 2. The molecule has 1 atom stereocenters. The van der Waals surface area contributed by atoms with Crippen LogP contribution >= 0.6 is 11.3 Å². The van der Waals surface area contributed by atoms with Crippen LogP contribution in [0, 0.1) is 0 Å². The minimum Gasteiger partial charge on any atom is -0.496 e. The van der Waals surface area contributed by atoms with Crippen LogP contribution in [-0.4, -0.2) is 40.7 Å². The molecule has 0 radical (unpaired) electrons. The Morgan fingerprint density at radius 3 is 2.66 bits per heavy atom. The van der Waals surface area contributed by atoms with Crippen molar-refractivity contribution in [2.75, 3.05) is 20.8 Å². The van der Waals surface area contributed by atoms with Crippen molar-refractivity contribution in [1.82, 2.24) is 14.9 Å².